The van der Waals surface area contributed by atoms with Gasteiger partial charge in [0.05, 0.1) is 18.3 Å². The maximum absolute atomic E-state index is 9.79. The van der Waals surface area contributed by atoms with E-state index < -0.39 is 6.10 Å². The van der Waals surface area contributed by atoms with E-state index in [-0.39, 0.29) is 5.60 Å². The minimum atomic E-state index is -0.400. The second-order valence-electron chi connectivity index (χ2n) is 6.42. The molecule has 1 fully saturated rings. The fourth-order valence-electron chi connectivity index (χ4n) is 2.24. The van der Waals surface area contributed by atoms with Gasteiger partial charge in [-0.25, -0.2) is 0 Å². The average Bonchev–Trinajstić information content (AvgIpc) is 2.18. The third-order valence-electron chi connectivity index (χ3n) is 3.75. The van der Waals surface area contributed by atoms with Crippen molar-refractivity contribution < 1.29 is 9.84 Å². The van der Waals surface area contributed by atoms with Crippen molar-refractivity contribution in [1.82, 2.24) is 5.32 Å². The summed E-state index contributed by atoms with van der Waals surface area (Å²) in [7, 11) is 0. The Hall–Kier alpha value is -0.120. The van der Waals surface area contributed by atoms with Crippen LogP contribution in [0.25, 0.3) is 0 Å². The highest BCUT2D eigenvalue weighted by molar-refractivity contribution is 4.88. The molecule has 1 saturated carbocycles. The lowest BCUT2D eigenvalue weighted by Crippen LogP contribution is -2.43. The summed E-state index contributed by atoms with van der Waals surface area (Å²) in [5.41, 5.74) is 0.351. The number of hydrogen-bond donors (Lipinski definition) is 2. The van der Waals surface area contributed by atoms with Gasteiger partial charge in [-0.1, -0.05) is 13.3 Å². The number of hydrogen-bond acceptors (Lipinski definition) is 3. The summed E-state index contributed by atoms with van der Waals surface area (Å²) in [6.07, 6.45) is 4.89. The fourth-order valence-corrected chi connectivity index (χ4v) is 2.24. The summed E-state index contributed by atoms with van der Waals surface area (Å²) in [4.78, 5) is 0. The molecular weight excluding hydrogens is 214 g/mol. The Morgan fingerprint density at radius 1 is 1.35 bits per heavy atom. The van der Waals surface area contributed by atoms with Gasteiger partial charge in [-0.3, -0.25) is 0 Å². The van der Waals surface area contributed by atoms with Gasteiger partial charge in [0.15, 0.2) is 0 Å². The summed E-state index contributed by atoms with van der Waals surface area (Å²) in [5.74, 6) is 0. The molecule has 102 valence electrons. The predicted octanol–water partition coefficient (Wildman–Crippen LogP) is 2.33. The average molecular weight is 243 g/mol. The normalized spacial score (nSPS) is 21.0. The fraction of sp³-hybridized carbons (Fsp3) is 1.00. The van der Waals surface area contributed by atoms with Gasteiger partial charge in [-0.2, -0.15) is 0 Å². The Balaban J connectivity index is 2.09. The number of nitrogens with one attached hydrogen (secondary N) is 1. The summed E-state index contributed by atoms with van der Waals surface area (Å²) in [6.45, 7) is 10.4. The first-order valence-corrected chi connectivity index (χ1v) is 6.90. The van der Waals surface area contributed by atoms with E-state index in [0.29, 0.717) is 18.6 Å². The molecule has 0 aromatic rings. The molecule has 0 saturated heterocycles. The van der Waals surface area contributed by atoms with Crippen molar-refractivity contribution in [1.29, 1.82) is 0 Å². The Bertz CT molecular complexity index is 213. The summed E-state index contributed by atoms with van der Waals surface area (Å²) >= 11 is 0. The first-order chi connectivity index (χ1) is 7.87. The molecule has 1 aliphatic rings. The molecule has 0 amide bonds. The van der Waals surface area contributed by atoms with Gasteiger partial charge < -0.3 is 15.2 Å². The Morgan fingerprint density at radius 2 is 2.00 bits per heavy atom. The molecule has 0 aromatic carbocycles. The predicted molar refractivity (Wildman–Crippen MR) is 71.2 cm³/mol. The highest BCUT2D eigenvalue weighted by atomic mass is 16.5. The van der Waals surface area contributed by atoms with Gasteiger partial charge in [0.2, 0.25) is 0 Å². The van der Waals surface area contributed by atoms with Gasteiger partial charge in [-0.05, 0) is 45.4 Å². The summed E-state index contributed by atoms with van der Waals surface area (Å²) in [5, 5.41) is 13.2. The minimum absolute atomic E-state index is 0.167. The van der Waals surface area contributed by atoms with Crippen molar-refractivity contribution >= 4 is 0 Å². The van der Waals surface area contributed by atoms with Crippen molar-refractivity contribution in [2.45, 2.75) is 65.1 Å². The van der Waals surface area contributed by atoms with Crippen molar-refractivity contribution in [2.24, 2.45) is 5.41 Å². The van der Waals surface area contributed by atoms with E-state index in [1.54, 1.807) is 0 Å². The quantitative estimate of drug-likeness (QED) is 0.721. The van der Waals surface area contributed by atoms with Gasteiger partial charge in [0.1, 0.15) is 0 Å². The SMILES string of the molecule is CCC1(CNCC(O)COC(C)(C)C)CCC1. The third kappa shape index (κ3) is 5.36. The van der Waals surface area contributed by atoms with Crippen LogP contribution < -0.4 is 5.32 Å². The lowest BCUT2D eigenvalue weighted by atomic mass is 9.67. The topological polar surface area (TPSA) is 41.5 Å². The standard InChI is InChI=1S/C14H29NO2/c1-5-14(7-6-8-14)11-15-9-12(16)10-17-13(2,3)4/h12,15-16H,5-11H2,1-4H3. The summed E-state index contributed by atoms with van der Waals surface area (Å²) < 4.78 is 5.55. The van der Waals surface area contributed by atoms with Crippen LogP contribution in [0.3, 0.4) is 0 Å². The lowest BCUT2D eigenvalue weighted by molar-refractivity contribution is -0.0487. The smallest absolute Gasteiger partial charge is 0.0897 e. The molecule has 0 aliphatic heterocycles. The Kier molecular flexibility index (Phi) is 5.42. The first kappa shape index (κ1) is 14.9. The second kappa shape index (κ2) is 6.17. The molecular formula is C14H29NO2. The maximum atomic E-state index is 9.79. The molecule has 1 aliphatic carbocycles. The van der Waals surface area contributed by atoms with Crippen LogP contribution in [-0.4, -0.2) is 36.5 Å². The van der Waals surface area contributed by atoms with Crippen LogP contribution in [-0.2, 0) is 4.74 Å². The number of rotatable bonds is 7. The van der Waals surface area contributed by atoms with Crippen LogP contribution in [0, 0.1) is 5.41 Å². The van der Waals surface area contributed by atoms with Crippen LogP contribution in [0.1, 0.15) is 53.4 Å². The molecule has 3 nitrogen and oxygen atoms in total. The summed E-state index contributed by atoms with van der Waals surface area (Å²) in [6, 6.07) is 0. The van der Waals surface area contributed by atoms with E-state index in [1.807, 2.05) is 20.8 Å². The largest absolute Gasteiger partial charge is 0.389 e. The number of ether oxygens (including phenoxy) is 1. The van der Waals surface area contributed by atoms with Crippen molar-refractivity contribution in [3.05, 3.63) is 0 Å². The van der Waals surface area contributed by atoms with Crippen LogP contribution in [0.15, 0.2) is 0 Å². The van der Waals surface area contributed by atoms with E-state index in [0.717, 1.165) is 6.54 Å². The van der Waals surface area contributed by atoms with Gasteiger partial charge in [0.25, 0.3) is 0 Å². The van der Waals surface area contributed by atoms with E-state index >= 15 is 0 Å². The molecule has 1 unspecified atom stereocenters. The zero-order valence-corrected chi connectivity index (χ0v) is 11.9. The van der Waals surface area contributed by atoms with E-state index in [2.05, 4.69) is 12.2 Å². The molecule has 1 atom stereocenters. The molecule has 3 heteroatoms. The van der Waals surface area contributed by atoms with Gasteiger partial charge >= 0.3 is 0 Å². The maximum Gasteiger partial charge on any atom is 0.0897 e. The molecule has 2 N–H and O–H groups in total. The number of aliphatic hydroxyl groups excluding tert-OH is 1. The van der Waals surface area contributed by atoms with Crippen LogP contribution in [0.2, 0.25) is 0 Å². The molecule has 0 radical (unpaired) electrons. The van der Waals surface area contributed by atoms with Crippen molar-refractivity contribution in [2.75, 3.05) is 19.7 Å². The second-order valence-corrected chi connectivity index (χ2v) is 6.42. The third-order valence-corrected chi connectivity index (χ3v) is 3.75. The zero-order valence-electron chi connectivity index (χ0n) is 11.9. The van der Waals surface area contributed by atoms with Crippen LogP contribution in [0.4, 0.5) is 0 Å². The molecule has 1 rings (SSSR count). The Morgan fingerprint density at radius 3 is 2.41 bits per heavy atom. The molecule has 0 aromatic heterocycles. The lowest BCUT2D eigenvalue weighted by Gasteiger charge is -2.41. The molecule has 0 bridgehead atoms. The minimum Gasteiger partial charge on any atom is -0.389 e. The zero-order chi connectivity index (χ0) is 12.9. The first-order valence-electron chi connectivity index (χ1n) is 6.90. The van der Waals surface area contributed by atoms with Crippen molar-refractivity contribution in [3.63, 3.8) is 0 Å². The van der Waals surface area contributed by atoms with Crippen LogP contribution >= 0.6 is 0 Å². The van der Waals surface area contributed by atoms with E-state index in [9.17, 15) is 5.11 Å². The van der Waals surface area contributed by atoms with E-state index in [4.69, 9.17) is 4.74 Å². The highest BCUT2D eigenvalue weighted by Gasteiger charge is 2.34. The van der Waals surface area contributed by atoms with Gasteiger partial charge in [0, 0.05) is 13.1 Å². The highest BCUT2D eigenvalue weighted by Crippen LogP contribution is 2.42. The van der Waals surface area contributed by atoms with Gasteiger partial charge in [-0.15, -0.1) is 0 Å². The molecule has 0 heterocycles. The van der Waals surface area contributed by atoms with Crippen LogP contribution in [0.5, 0.6) is 0 Å². The van der Waals surface area contributed by atoms with E-state index in [1.165, 1.54) is 25.7 Å². The van der Waals surface area contributed by atoms with Crippen molar-refractivity contribution in [3.8, 4) is 0 Å². The monoisotopic (exact) mass is 243 g/mol. The molecule has 0 spiro atoms. The molecule has 17 heavy (non-hydrogen) atoms. The Labute approximate surface area is 106 Å². The number of aliphatic hydroxyl groups is 1.